The second-order valence-electron chi connectivity index (χ2n) is 10.3. The Bertz CT molecular complexity index is 1130. The number of carboxylic acids is 1. The second-order valence-corrected chi connectivity index (χ2v) is 10.3. The molecule has 2 heterocycles. The van der Waals surface area contributed by atoms with Gasteiger partial charge in [-0.3, -0.25) is 14.4 Å². The standard InChI is InChI=1S/C27H39N5O5/c1-5-16(4)22(28)24(33)31-23(15(2)3)25(34)30-20(26(35)32-12-8-11-21(32)27(36)37)13-17-14-29-19-10-7-6-9-18(17)19/h6-7,9-10,14-16,20-23,29H,5,8,11-13,28H2,1-4H3,(H,30,34)(H,31,33)(H,36,37). The van der Waals surface area contributed by atoms with E-state index in [0.717, 1.165) is 22.9 Å². The van der Waals surface area contributed by atoms with Crippen molar-refractivity contribution in [3.8, 4) is 0 Å². The lowest BCUT2D eigenvalue weighted by Gasteiger charge is -2.30. The first-order valence-corrected chi connectivity index (χ1v) is 13.0. The number of nitrogens with one attached hydrogen (secondary N) is 3. The maximum absolute atomic E-state index is 13.6. The summed E-state index contributed by atoms with van der Waals surface area (Å²) in [5.74, 6) is -2.77. The molecule has 3 rings (SSSR count). The quantitative estimate of drug-likeness (QED) is 0.308. The molecule has 0 spiro atoms. The van der Waals surface area contributed by atoms with E-state index in [1.54, 1.807) is 20.0 Å². The van der Waals surface area contributed by atoms with Crippen LogP contribution in [-0.2, 0) is 25.6 Å². The molecule has 202 valence electrons. The number of nitrogens with zero attached hydrogens (tertiary/aromatic N) is 1. The summed E-state index contributed by atoms with van der Waals surface area (Å²) in [6.07, 6.45) is 3.63. The van der Waals surface area contributed by atoms with E-state index in [2.05, 4.69) is 15.6 Å². The van der Waals surface area contributed by atoms with E-state index in [4.69, 9.17) is 5.73 Å². The van der Waals surface area contributed by atoms with Gasteiger partial charge in [-0.2, -0.15) is 0 Å². The molecule has 1 saturated heterocycles. The molecule has 10 nitrogen and oxygen atoms in total. The molecular weight excluding hydrogens is 474 g/mol. The number of benzene rings is 1. The minimum atomic E-state index is -1.06. The first-order valence-electron chi connectivity index (χ1n) is 13.0. The number of carbonyl (C=O) groups excluding carboxylic acids is 3. The predicted molar refractivity (Wildman–Crippen MR) is 141 cm³/mol. The largest absolute Gasteiger partial charge is 0.480 e. The predicted octanol–water partition coefficient (Wildman–Crippen LogP) is 1.79. The van der Waals surface area contributed by atoms with Crippen LogP contribution in [0.15, 0.2) is 30.5 Å². The number of likely N-dealkylation sites (tertiary alicyclic amines) is 1. The molecule has 3 amide bonds. The molecule has 0 radical (unpaired) electrons. The molecule has 1 aromatic heterocycles. The van der Waals surface area contributed by atoms with Crippen molar-refractivity contribution in [1.29, 1.82) is 0 Å². The summed E-state index contributed by atoms with van der Waals surface area (Å²) in [4.78, 5) is 56.1. The maximum atomic E-state index is 13.6. The lowest BCUT2D eigenvalue weighted by Crippen LogP contribution is -2.59. The van der Waals surface area contributed by atoms with E-state index in [9.17, 15) is 24.3 Å². The highest BCUT2D eigenvalue weighted by Gasteiger charge is 2.39. The summed E-state index contributed by atoms with van der Waals surface area (Å²) >= 11 is 0. The van der Waals surface area contributed by atoms with E-state index in [0.29, 0.717) is 19.4 Å². The molecule has 5 unspecified atom stereocenters. The zero-order valence-corrected chi connectivity index (χ0v) is 22.0. The van der Waals surface area contributed by atoms with E-state index >= 15 is 0 Å². The topological polar surface area (TPSA) is 158 Å². The molecule has 0 aliphatic carbocycles. The van der Waals surface area contributed by atoms with Crippen LogP contribution in [0.1, 0.15) is 52.5 Å². The smallest absolute Gasteiger partial charge is 0.326 e. The average Bonchev–Trinajstić information content (AvgIpc) is 3.53. The lowest BCUT2D eigenvalue weighted by atomic mass is 9.97. The van der Waals surface area contributed by atoms with Crippen molar-refractivity contribution in [3.05, 3.63) is 36.0 Å². The number of hydrogen-bond acceptors (Lipinski definition) is 5. The van der Waals surface area contributed by atoms with Crippen LogP contribution in [0.5, 0.6) is 0 Å². The molecule has 5 atom stereocenters. The summed E-state index contributed by atoms with van der Waals surface area (Å²) in [7, 11) is 0. The molecule has 6 N–H and O–H groups in total. The molecule has 1 fully saturated rings. The molecule has 0 saturated carbocycles. The Balaban J connectivity index is 1.86. The summed E-state index contributed by atoms with van der Waals surface area (Å²) < 4.78 is 0. The van der Waals surface area contributed by atoms with Gasteiger partial charge in [0.15, 0.2) is 0 Å². The van der Waals surface area contributed by atoms with Gasteiger partial charge in [0.05, 0.1) is 6.04 Å². The number of carboxylic acid groups (broad SMARTS) is 1. The molecular formula is C27H39N5O5. The van der Waals surface area contributed by atoms with E-state index in [1.807, 2.05) is 38.1 Å². The molecule has 0 bridgehead atoms. The fourth-order valence-corrected chi connectivity index (χ4v) is 4.77. The van der Waals surface area contributed by atoms with Crippen molar-refractivity contribution in [2.45, 2.75) is 77.5 Å². The van der Waals surface area contributed by atoms with E-state index in [-0.39, 0.29) is 18.3 Å². The number of nitrogens with two attached hydrogens (primary N) is 1. The van der Waals surface area contributed by atoms with Gasteiger partial charge in [-0.05, 0) is 36.3 Å². The Labute approximate surface area is 217 Å². The Morgan fingerprint density at radius 3 is 2.49 bits per heavy atom. The summed E-state index contributed by atoms with van der Waals surface area (Å²) in [6, 6.07) is 4.03. The van der Waals surface area contributed by atoms with Crippen molar-refractivity contribution in [2.24, 2.45) is 17.6 Å². The molecule has 37 heavy (non-hydrogen) atoms. The number of aliphatic carboxylic acids is 1. The van der Waals surface area contributed by atoms with Crippen molar-refractivity contribution >= 4 is 34.6 Å². The maximum Gasteiger partial charge on any atom is 0.326 e. The van der Waals surface area contributed by atoms with Crippen LogP contribution >= 0.6 is 0 Å². The number of H-pyrrole nitrogens is 1. The van der Waals surface area contributed by atoms with Crippen molar-refractivity contribution < 1.29 is 24.3 Å². The Kier molecular flexibility index (Phi) is 9.31. The van der Waals surface area contributed by atoms with Gasteiger partial charge in [-0.1, -0.05) is 52.3 Å². The highest BCUT2D eigenvalue weighted by atomic mass is 16.4. The van der Waals surface area contributed by atoms with Crippen LogP contribution in [0.4, 0.5) is 0 Å². The Hall–Kier alpha value is -3.40. The van der Waals surface area contributed by atoms with Crippen LogP contribution in [0, 0.1) is 11.8 Å². The highest BCUT2D eigenvalue weighted by molar-refractivity contribution is 5.95. The minimum absolute atomic E-state index is 0.0600. The number of aromatic nitrogens is 1. The van der Waals surface area contributed by atoms with Crippen molar-refractivity contribution in [3.63, 3.8) is 0 Å². The van der Waals surface area contributed by atoms with Crippen LogP contribution in [-0.4, -0.2) is 69.4 Å². The van der Waals surface area contributed by atoms with Crippen molar-refractivity contribution in [1.82, 2.24) is 20.5 Å². The number of rotatable bonds is 11. The first-order chi connectivity index (χ1) is 17.5. The van der Waals surface area contributed by atoms with Crippen molar-refractivity contribution in [2.75, 3.05) is 6.54 Å². The van der Waals surface area contributed by atoms with Gasteiger partial charge in [0.25, 0.3) is 0 Å². The SMILES string of the molecule is CCC(C)C(N)C(=O)NC(C(=O)NC(Cc1c[nH]c2ccccc12)C(=O)N1CCCC1C(=O)O)C(C)C. The fraction of sp³-hybridized carbons (Fsp3) is 0.556. The Morgan fingerprint density at radius 1 is 1.14 bits per heavy atom. The van der Waals surface area contributed by atoms with Crippen LogP contribution < -0.4 is 16.4 Å². The van der Waals surface area contributed by atoms with Gasteiger partial charge in [-0.15, -0.1) is 0 Å². The number of para-hydroxylation sites is 1. The van der Waals surface area contributed by atoms with E-state index in [1.165, 1.54) is 4.90 Å². The molecule has 2 aromatic rings. The van der Waals surface area contributed by atoms with Crippen LogP contribution in [0.25, 0.3) is 10.9 Å². The third kappa shape index (κ3) is 6.49. The molecule has 1 aliphatic rings. The number of aromatic amines is 1. The lowest BCUT2D eigenvalue weighted by molar-refractivity contribution is -0.149. The molecule has 1 aliphatic heterocycles. The Morgan fingerprint density at radius 2 is 1.84 bits per heavy atom. The van der Waals surface area contributed by atoms with Gasteiger partial charge in [-0.25, -0.2) is 4.79 Å². The zero-order valence-electron chi connectivity index (χ0n) is 22.0. The van der Waals surface area contributed by atoms with Gasteiger partial charge in [0.1, 0.15) is 18.1 Å². The fourth-order valence-electron chi connectivity index (χ4n) is 4.77. The first kappa shape index (κ1) is 28.2. The third-order valence-electron chi connectivity index (χ3n) is 7.34. The van der Waals surface area contributed by atoms with Gasteiger partial charge < -0.3 is 31.4 Å². The van der Waals surface area contributed by atoms with Crippen LogP contribution in [0.3, 0.4) is 0 Å². The average molecular weight is 514 g/mol. The number of amides is 3. The number of carbonyl (C=O) groups is 4. The zero-order chi connectivity index (χ0) is 27.3. The monoisotopic (exact) mass is 513 g/mol. The summed E-state index contributed by atoms with van der Waals surface area (Å²) in [5.41, 5.74) is 7.79. The molecule has 1 aromatic carbocycles. The minimum Gasteiger partial charge on any atom is -0.480 e. The normalized spacial score (nSPS) is 18.9. The number of hydrogen-bond donors (Lipinski definition) is 5. The second kappa shape index (κ2) is 12.2. The van der Waals surface area contributed by atoms with Gasteiger partial charge >= 0.3 is 5.97 Å². The van der Waals surface area contributed by atoms with E-state index < -0.39 is 47.9 Å². The van der Waals surface area contributed by atoms with Gasteiger partial charge in [0.2, 0.25) is 17.7 Å². The molecule has 10 heteroatoms. The highest BCUT2D eigenvalue weighted by Crippen LogP contribution is 2.23. The van der Waals surface area contributed by atoms with Gasteiger partial charge in [0, 0.05) is 30.1 Å². The number of fused-ring (bicyclic) bond motifs is 1. The third-order valence-corrected chi connectivity index (χ3v) is 7.34. The summed E-state index contributed by atoms with van der Waals surface area (Å²) in [5, 5.41) is 16.1. The summed E-state index contributed by atoms with van der Waals surface area (Å²) in [6.45, 7) is 7.73. The van der Waals surface area contributed by atoms with Crippen LogP contribution in [0.2, 0.25) is 0 Å².